The van der Waals surface area contributed by atoms with E-state index in [1.54, 1.807) is 6.07 Å². The number of ether oxygens (including phenoxy) is 2. The lowest BCUT2D eigenvalue weighted by molar-refractivity contribution is -0.218. The molecule has 2 heterocycles. The third-order valence-corrected chi connectivity index (χ3v) is 9.24. The number of benzene rings is 1. The van der Waals surface area contributed by atoms with Crippen LogP contribution in [0.25, 0.3) is 0 Å². The van der Waals surface area contributed by atoms with Gasteiger partial charge in [0.2, 0.25) is 0 Å². The van der Waals surface area contributed by atoms with Gasteiger partial charge < -0.3 is 19.9 Å². The molecule has 2 fully saturated rings. The molecule has 0 unspecified atom stereocenters. The van der Waals surface area contributed by atoms with E-state index in [1.165, 1.54) is 6.92 Å². The minimum atomic E-state index is -0.449. The lowest BCUT2D eigenvalue weighted by Crippen LogP contribution is -2.67. The van der Waals surface area contributed by atoms with Crippen molar-refractivity contribution in [1.29, 1.82) is 0 Å². The van der Waals surface area contributed by atoms with Gasteiger partial charge in [0, 0.05) is 41.8 Å². The predicted molar refractivity (Wildman–Crippen MR) is 115 cm³/mol. The van der Waals surface area contributed by atoms with Gasteiger partial charge in [-0.3, -0.25) is 9.59 Å². The van der Waals surface area contributed by atoms with Crippen molar-refractivity contribution in [2.24, 2.45) is 22.7 Å². The second-order valence-electron chi connectivity index (χ2n) is 11.0. The van der Waals surface area contributed by atoms with Gasteiger partial charge in [-0.1, -0.05) is 27.7 Å². The van der Waals surface area contributed by atoms with Crippen LogP contribution in [0.4, 0.5) is 0 Å². The molecule has 2 saturated carbocycles. The summed E-state index contributed by atoms with van der Waals surface area (Å²) in [5.74, 6) is 1.13. The molecule has 1 aromatic carbocycles. The van der Waals surface area contributed by atoms with Crippen molar-refractivity contribution < 1.29 is 24.2 Å². The lowest BCUT2D eigenvalue weighted by atomic mass is 9.43. The van der Waals surface area contributed by atoms with Crippen LogP contribution >= 0.6 is 0 Å². The average Bonchev–Trinajstić information content (AvgIpc) is 3.26. The normalized spacial score (nSPS) is 37.5. The molecule has 31 heavy (non-hydrogen) atoms. The van der Waals surface area contributed by atoms with Crippen molar-refractivity contribution in [2.75, 3.05) is 0 Å². The summed E-state index contributed by atoms with van der Waals surface area (Å²) in [6, 6.07) is 1.60. The van der Waals surface area contributed by atoms with Gasteiger partial charge in [-0.2, -0.15) is 0 Å². The largest absolute Gasteiger partial charge is 0.508 e. The van der Waals surface area contributed by atoms with Crippen LogP contribution in [-0.4, -0.2) is 28.7 Å². The fourth-order valence-corrected chi connectivity index (χ4v) is 7.59. The van der Waals surface area contributed by atoms with Gasteiger partial charge in [-0.25, -0.2) is 0 Å². The average molecular weight is 428 g/mol. The highest BCUT2D eigenvalue weighted by molar-refractivity contribution is 6.00. The molecule has 6 heteroatoms. The van der Waals surface area contributed by atoms with E-state index in [9.17, 15) is 14.7 Å². The molecule has 2 aliphatic heterocycles. The van der Waals surface area contributed by atoms with Crippen molar-refractivity contribution in [2.45, 2.75) is 85.0 Å². The zero-order chi connectivity index (χ0) is 22.3. The molecule has 6 nitrogen and oxygen atoms in total. The topological polar surface area (TPSA) is 84.9 Å². The monoisotopic (exact) mass is 427 g/mol. The summed E-state index contributed by atoms with van der Waals surface area (Å²) in [5, 5.41) is 13.7. The lowest BCUT2D eigenvalue weighted by Gasteiger charge is -2.64. The Morgan fingerprint density at radius 2 is 1.97 bits per heavy atom. The Kier molecular flexibility index (Phi) is 4.26. The number of aromatic hydroxyl groups is 1. The minimum absolute atomic E-state index is 0.100. The molecule has 168 valence electrons. The van der Waals surface area contributed by atoms with E-state index in [2.05, 4.69) is 33.0 Å². The summed E-state index contributed by atoms with van der Waals surface area (Å²) in [6.07, 6.45) is 4.34. The van der Waals surface area contributed by atoms with E-state index in [0.29, 0.717) is 36.1 Å². The SMILES string of the molecule is CC(=O)O[C@@H]1CC[C@@]2(C)[C@@H](CC[C@@H](C)[C@]23Cc2c(O)cc4c(c2O3)CNC4=O)C1(C)C. The van der Waals surface area contributed by atoms with E-state index in [4.69, 9.17) is 9.47 Å². The van der Waals surface area contributed by atoms with Gasteiger partial charge in [0.25, 0.3) is 5.91 Å². The number of fused-ring (bicyclic) bond motifs is 5. The van der Waals surface area contributed by atoms with Crippen LogP contribution in [-0.2, 0) is 22.5 Å². The summed E-state index contributed by atoms with van der Waals surface area (Å²) in [6.45, 7) is 11.0. The number of carbonyl (C=O) groups is 2. The fraction of sp³-hybridized carbons (Fsp3) is 0.680. The van der Waals surface area contributed by atoms with Crippen LogP contribution in [0.1, 0.15) is 81.8 Å². The quantitative estimate of drug-likeness (QED) is 0.659. The molecule has 0 aromatic heterocycles. The first-order chi connectivity index (χ1) is 14.5. The van der Waals surface area contributed by atoms with E-state index in [-0.39, 0.29) is 34.6 Å². The van der Waals surface area contributed by atoms with E-state index >= 15 is 0 Å². The maximum Gasteiger partial charge on any atom is 0.302 e. The van der Waals surface area contributed by atoms with Crippen molar-refractivity contribution >= 4 is 11.9 Å². The van der Waals surface area contributed by atoms with Gasteiger partial charge in [-0.15, -0.1) is 0 Å². The number of nitrogens with one attached hydrogen (secondary N) is 1. The Labute approximate surface area is 183 Å². The molecule has 1 amide bonds. The summed E-state index contributed by atoms with van der Waals surface area (Å²) in [4.78, 5) is 24.0. The van der Waals surface area contributed by atoms with Gasteiger partial charge >= 0.3 is 5.97 Å². The highest BCUT2D eigenvalue weighted by Gasteiger charge is 2.67. The maximum atomic E-state index is 12.2. The smallest absolute Gasteiger partial charge is 0.302 e. The third kappa shape index (κ3) is 2.56. The summed E-state index contributed by atoms with van der Waals surface area (Å²) >= 11 is 0. The van der Waals surface area contributed by atoms with Crippen molar-refractivity contribution in [3.63, 3.8) is 0 Å². The Morgan fingerprint density at radius 1 is 1.23 bits per heavy atom. The zero-order valence-electron chi connectivity index (χ0n) is 19.1. The van der Waals surface area contributed by atoms with E-state index in [1.807, 2.05) is 0 Å². The highest BCUT2D eigenvalue weighted by Crippen LogP contribution is 2.67. The summed E-state index contributed by atoms with van der Waals surface area (Å²) in [7, 11) is 0. The number of carbonyl (C=O) groups excluding carboxylic acids is 2. The Hall–Kier alpha value is -2.24. The maximum absolute atomic E-state index is 12.2. The van der Waals surface area contributed by atoms with Crippen LogP contribution in [0, 0.1) is 22.7 Å². The molecule has 1 spiro atoms. The molecular formula is C25H33NO5. The molecule has 0 saturated heterocycles. The number of hydrogen-bond donors (Lipinski definition) is 2. The Balaban J connectivity index is 1.59. The number of rotatable bonds is 1. The first-order valence-electron chi connectivity index (χ1n) is 11.5. The second kappa shape index (κ2) is 6.39. The minimum Gasteiger partial charge on any atom is -0.508 e. The highest BCUT2D eigenvalue weighted by atomic mass is 16.5. The first-order valence-corrected chi connectivity index (χ1v) is 11.5. The molecule has 2 N–H and O–H groups in total. The second-order valence-corrected chi connectivity index (χ2v) is 11.0. The van der Waals surface area contributed by atoms with Crippen molar-refractivity contribution in [3.8, 4) is 11.5 Å². The molecule has 2 aliphatic carbocycles. The molecule has 1 aromatic rings. The Bertz CT molecular complexity index is 985. The molecule has 4 aliphatic rings. The molecular weight excluding hydrogens is 394 g/mol. The molecule has 5 rings (SSSR count). The van der Waals surface area contributed by atoms with Crippen molar-refractivity contribution in [1.82, 2.24) is 5.32 Å². The van der Waals surface area contributed by atoms with Crippen LogP contribution in [0.2, 0.25) is 0 Å². The number of amides is 1. The predicted octanol–water partition coefficient (Wildman–Crippen LogP) is 4.11. The first kappa shape index (κ1) is 20.7. The van der Waals surface area contributed by atoms with Crippen LogP contribution < -0.4 is 10.1 Å². The zero-order valence-corrected chi connectivity index (χ0v) is 19.1. The van der Waals surface area contributed by atoms with E-state index in [0.717, 1.165) is 36.8 Å². The van der Waals surface area contributed by atoms with E-state index < -0.39 is 5.60 Å². The van der Waals surface area contributed by atoms with Gasteiger partial charge in [0.1, 0.15) is 23.2 Å². The number of phenols is 1. The summed E-state index contributed by atoms with van der Waals surface area (Å²) < 4.78 is 12.7. The van der Waals surface area contributed by atoms with Crippen LogP contribution in [0.15, 0.2) is 6.07 Å². The third-order valence-electron chi connectivity index (χ3n) is 9.24. The number of esters is 1. The fourth-order valence-electron chi connectivity index (χ4n) is 7.59. The summed E-state index contributed by atoms with van der Waals surface area (Å²) in [5.41, 5.74) is 1.47. The van der Waals surface area contributed by atoms with Crippen LogP contribution in [0.5, 0.6) is 11.5 Å². The number of phenolic OH excluding ortho intramolecular Hbond substituents is 1. The molecule has 0 radical (unpaired) electrons. The van der Waals surface area contributed by atoms with Gasteiger partial charge in [-0.05, 0) is 43.6 Å². The molecule has 5 atom stereocenters. The number of hydrogen-bond acceptors (Lipinski definition) is 5. The van der Waals surface area contributed by atoms with Crippen molar-refractivity contribution in [3.05, 3.63) is 22.8 Å². The standard InChI is InChI=1S/C25H33NO5/c1-13-6-7-19-23(3,4)20(30-14(2)27)8-9-24(19,5)25(13)11-16-18(28)10-15-17(21(16)31-25)12-26-22(15)29/h10,13,19-20,28H,6-9,11-12H2,1-5H3,(H,26,29)/t13-,19+,20-,24+,25-/m1/s1. The van der Waals surface area contributed by atoms with Gasteiger partial charge in [0.05, 0.1) is 5.56 Å². The van der Waals surface area contributed by atoms with Crippen LogP contribution in [0.3, 0.4) is 0 Å². The molecule has 0 bridgehead atoms. The Morgan fingerprint density at radius 3 is 2.68 bits per heavy atom. The van der Waals surface area contributed by atoms with Gasteiger partial charge in [0.15, 0.2) is 0 Å².